The van der Waals surface area contributed by atoms with Crippen LogP contribution >= 0.6 is 0 Å². The van der Waals surface area contributed by atoms with Crippen molar-refractivity contribution in [2.45, 2.75) is 59.0 Å². The molecular weight excluding hydrogens is 302 g/mol. The van der Waals surface area contributed by atoms with Crippen molar-refractivity contribution in [2.75, 3.05) is 13.2 Å². The minimum atomic E-state index is -0.491. The summed E-state index contributed by atoms with van der Waals surface area (Å²) in [7, 11) is 0. The first-order valence-corrected chi connectivity index (χ1v) is 8.59. The molecule has 1 N–H and O–H groups in total. The van der Waals surface area contributed by atoms with Gasteiger partial charge < -0.3 is 14.8 Å². The minimum absolute atomic E-state index is 0.382. The summed E-state index contributed by atoms with van der Waals surface area (Å²) in [5.74, 6) is 7.10. The molecule has 0 saturated carbocycles. The summed E-state index contributed by atoms with van der Waals surface area (Å²) in [6.45, 7) is 8.45. The molecule has 0 aliphatic rings. The van der Waals surface area contributed by atoms with E-state index in [1.54, 1.807) is 0 Å². The van der Waals surface area contributed by atoms with Crippen molar-refractivity contribution < 1.29 is 14.3 Å². The Labute approximate surface area is 145 Å². The summed E-state index contributed by atoms with van der Waals surface area (Å²) in [6.07, 6.45) is 4.08. The van der Waals surface area contributed by atoms with Crippen molar-refractivity contribution in [2.24, 2.45) is 0 Å². The van der Waals surface area contributed by atoms with E-state index in [0.717, 1.165) is 24.2 Å². The van der Waals surface area contributed by atoms with E-state index in [4.69, 9.17) is 9.47 Å². The SMILES string of the molecule is CCCCCC#Cc1cccc(OCCNC(=O)OC(C)(C)C)c1. The second kappa shape index (κ2) is 10.6. The summed E-state index contributed by atoms with van der Waals surface area (Å²) in [6, 6.07) is 7.70. The monoisotopic (exact) mass is 331 g/mol. The number of carbonyl (C=O) groups is 1. The standard InChI is InChI=1S/C20H29NO3/c1-5-6-7-8-9-11-17-12-10-13-18(16-17)23-15-14-21-19(22)24-20(2,3)4/h10,12-13,16H,5-8,14-15H2,1-4H3,(H,21,22). The molecule has 1 amide bonds. The van der Waals surface area contributed by atoms with E-state index in [1.165, 1.54) is 12.8 Å². The van der Waals surface area contributed by atoms with Crippen LogP contribution in [-0.2, 0) is 4.74 Å². The third-order valence-corrected chi connectivity index (χ3v) is 3.01. The topological polar surface area (TPSA) is 47.6 Å². The summed E-state index contributed by atoms with van der Waals surface area (Å²) >= 11 is 0. The van der Waals surface area contributed by atoms with Crippen LogP contribution in [0.4, 0.5) is 4.79 Å². The smallest absolute Gasteiger partial charge is 0.407 e. The molecule has 0 aliphatic heterocycles. The van der Waals surface area contributed by atoms with Crippen LogP contribution < -0.4 is 10.1 Å². The Morgan fingerprint density at radius 2 is 2.04 bits per heavy atom. The molecule has 0 atom stereocenters. The predicted octanol–water partition coefficient (Wildman–Crippen LogP) is 4.52. The van der Waals surface area contributed by atoms with Gasteiger partial charge in [-0.25, -0.2) is 4.79 Å². The van der Waals surface area contributed by atoms with Crippen molar-refractivity contribution in [3.63, 3.8) is 0 Å². The van der Waals surface area contributed by atoms with Gasteiger partial charge in [0.1, 0.15) is 18.0 Å². The number of alkyl carbamates (subject to hydrolysis) is 1. The lowest BCUT2D eigenvalue weighted by molar-refractivity contribution is 0.0520. The normalized spacial score (nSPS) is 10.5. The van der Waals surface area contributed by atoms with Crippen LogP contribution in [-0.4, -0.2) is 24.8 Å². The average Bonchev–Trinajstić information content (AvgIpc) is 2.50. The fraction of sp³-hybridized carbons (Fsp3) is 0.550. The third-order valence-electron chi connectivity index (χ3n) is 3.01. The molecule has 0 spiro atoms. The summed E-state index contributed by atoms with van der Waals surface area (Å²) < 4.78 is 10.8. The summed E-state index contributed by atoms with van der Waals surface area (Å²) in [4.78, 5) is 11.5. The lowest BCUT2D eigenvalue weighted by atomic mass is 10.2. The lowest BCUT2D eigenvalue weighted by Crippen LogP contribution is -2.34. The van der Waals surface area contributed by atoms with Gasteiger partial charge in [0.2, 0.25) is 0 Å². The molecule has 1 aromatic rings. The molecule has 132 valence electrons. The van der Waals surface area contributed by atoms with E-state index in [1.807, 2.05) is 45.0 Å². The quantitative estimate of drug-likeness (QED) is 0.590. The molecule has 1 aromatic carbocycles. The molecule has 24 heavy (non-hydrogen) atoms. The number of ether oxygens (including phenoxy) is 2. The first-order valence-electron chi connectivity index (χ1n) is 8.59. The average molecular weight is 331 g/mol. The van der Waals surface area contributed by atoms with Gasteiger partial charge in [-0.3, -0.25) is 0 Å². The number of rotatable bonds is 7. The number of benzene rings is 1. The van der Waals surface area contributed by atoms with Gasteiger partial charge in [0.15, 0.2) is 0 Å². The molecule has 0 aromatic heterocycles. The molecule has 0 radical (unpaired) electrons. The van der Waals surface area contributed by atoms with Crippen molar-refractivity contribution in [1.82, 2.24) is 5.32 Å². The number of nitrogens with one attached hydrogen (secondary N) is 1. The van der Waals surface area contributed by atoms with Crippen LogP contribution in [0.15, 0.2) is 24.3 Å². The van der Waals surface area contributed by atoms with Crippen molar-refractivity contribution in [3.05, 3.63) is 29.8 Å². The second-order valence-corrected chi connectivity index (χ2v) is 6.56. The molecule has 4 heteroatoms. The maximum Gasteiger partial charge on any atom is 0.407 e. The Kier molecular flexibility index (Phi) is 8.78. The zero-order valence-corrected chi connectivity index (χ0v) is 15.3. The highest BCUT2D eigenvalue weighted by molar-refractivity contribution is 5.67. The van der Waals surface area contributed by atoms with Crippen molar-refractivity contribution >= 4 is 6.09 Å². The van der Waals surface area contributed by atoms with Crippen LogP contribution in [0, 0.1) is 11.8 Å². The van der Waals surface area contributed by atoms with Gasteiger partial charge in [-0.2, -0.15) is 0 Å². The molecule has 0 heterocycles. The highest BCUT2D eigenvalue weighted by atomic mass is 16.6. The first-order chi connectivity index (χ1) is 11.4. The highest BCUT2D eigenvalue weighted by Gasteiger charge is 2.15. The second-order valence-electron chi connectivity index (χ2n) is 6.56. The number of amides is 1. The van der Waals surface area contributed by atoms with E-state index in [-0.39, 0.29) is 0 Å². The van der Waals surface area contributed by atoms with Gasteiger partial charge in [-0.15, -0.1) is 0 Å². The van der Waals surface area contributed by atoms with E-state index >= 15 is 0 Å². The molecule has 1 rings (SSSR count). The Balaban J connectivity index is 2.33. The van der Waals surface area contributed by atoms with Gasteiger partial charge in [0.25, 0.3) is 0 Å². The fourth-order valence-electron chi connectivity index (χ4n) is 1.93. The predicted molar refractivity (Wildman–Crippen MR) is 97.2 cm³/mol. The van der Waals surface area contributed by atoms with Gasteiger partial charge >= 0.3 is 6.09 Å². The zero-order chi connectivity index (χ0) is 17.8. The zero-order valence-electron chi connectivity index (χ0n) is 15.3. The Morgan fingerprint density at radius 3 is 2.75 bits per heavy atom. The highest BCUT2D eigenvalue weighted by Crippen LogP contribution is 2.12. The van der Waals surface area contributed by atoms with E-state index < -0.39 is 11.7 Å². The fourth-order valence-corrected chi connectivity index (χ4v) is 1.93. The lowest BCUT2D eigenvalue weighted by Gasteiger charge is -2.19. The molecule has 0 saturated heterocycles. The molecular formula is C20H29NO3. The van der Waals surface area contributed by atoms with Gasteiger partial charge in [-0.1, -0.05) is 37.7 Å². The van der Waals surface area contributed by atoms with Gasteiger partial charge in [-0.05, 0) is 45.4 Å². The van der Waals surface area contributed by atoms with Crippen LogP contribution in [0.3, 0.4) is 0 Å². The van der Waals surface area contributed by atoms with Crippen LogP contribution in [0.1, 0.15) is 58.9 Å². The maximum atomic E-state index is 11.5. The van der Waals surface area contributed by atoms with Crippen LogP contribution in [0.5, 0.6) is 5.75 Å². The largest absolute Gasteiger partial charge is 0.492 e. The van der Waals surface area contributed by atoms with Crippen LogP contribution in [0.25, 0.3) is 0 Å². The van der Waals surface area contributed by atoms with Crippen LogP contribution in [0.2, 0.25) is 0 Å². The molecule has 0 fully saturated rings. The first kappa shape index (κ1) is 19.9. The summed E-state index contributed by atoms with van der Waals surface area (Å²) in [5, 5.41) is 2.66. The van der Waals surface area contributed by atoms with Crippen molar-refractivity contribution in [1.29, 1.82) is 0 Å². The third kappa shape index (κ3) is 9.78. The molecule has 0 bridgehead atoms. The van der Waals surface area contributed by atoms with E-state index in [9.17, 15) is 4.79 Å². The van der Waals surface area contributed by atoms with Gasteiger partial charge in [0, 0.05) is 12.0 Å². The minimum Gasteiger partial charge on any atom is -0.492 e. The van der Waals surface area contributed by atoms with Crippen molar-refractivity contribution in [3.8, 4) is 17.6 Å². The Bertz CT molecular complexity index is 564. The Hall–Kier alpha value is -2.15. The molecule has 0 aliphatic carbocycles. The molecule has 4 nitrogen and oxygen atoms in total. The summed E-state index contributed by atoms with van der Waals surface area (Å²) in [5.41, 5.74) is 0.457. The Morgan fingerprint density at radius 1 is 1.25 bits per heavy atom. The number of hydrogen-bond donors (Lipinski definition) is 1. The van der Waals surface area contributed by atoms with E-state index in [2.05, 4.69) is 24.1 Å². The number of hydrogen-bond acceptors (Lipinski definition) is 3. The number of carbonyl (C=O) groups excluding carboxylic acids is 1. The van der Waals surface area contributed by atoms with E-state index in [0.29, 0.717) is 13.2 Å². The number of unbranched alkanes of at least 4 members (excludes halogenated alkanes) is 3. The van der Waals surface area contributed by atoms with Gasteiger partial charge in [0.05, 0.1) is 6.54 Å². The molecule has 0 unspecified atom stereocenters. The maximum absolute atomic E-state index is 11.5.